The summed E-state index contributed by atoms with van der Waals surface area (Å²) in [6, 6.07) is 8.91. The Labute approximate surface area is 361 Å². The first kappa shape index (κ1) is 50.2. The molecule has 10 N–H and O–H groups in total. The maximum atomic E-state index is 11.4. The average Bonchev–Trinajstić information content (AvgIpc) is 3.23. The van der Waals surface area contributed by atoms with Crippen LogP contribution in [-0.4, -0.2) is 162 Å². The van der Waals surface area contributed by atoms with Crippen molar-refractivity contribution in [2.24, 2.45) is 0 Å². The van der Waals surface area contributed by atoms with Crippen molar-refractivity contribution in [2.75, 3.05) is 63.1 Å². The number of piperidine rings is 2. The number of aliphatic hydroxyl groups is 8. The molecule has 344 valence electrons. The minimum Gasteiger partial charge on any atom is -0.489 e. The number of β-amino-alcohol motifs (C(OH)–C–C–N with tert-alkyl or cyclic N) is 2. The molecule has 2 fully saturated rings. The van der Waals surface area contributed by atoms with Gasteiger partial charge >= 0.3 is 0 Å². The zero-order chi connectivity index (χ0) is 45.3. The lowest BCUT2D eigenvalue weighted by Gasteiger charge is -2.43. The molecule has 3 heterocycles. The molecule has 0 amide bonds. The predicted molar refractivity (Wildman–Crippen MR) is 231 cm³/mol. The number of benzene rings is 2. The topological polar surface area (TPSA) is 288 Å². The van der Waals surface area contributed by atoms with Crippen LogP contribution in [-0.2, 0) is 4.74 Å². The number of anilines is 2. The summed E-state index contributed by atoms with van der Waals surface area (Å²) in [7, 11) is 0. The number of nitrogens with one attached hydrogen (secondary N) is 2. The van der Waals surface area contributed by atoms with E-state index >= 15 is 0 Å². The highest BCUT2D eigenvalue weighted by Gasteiger charge is 2.41. The number of nitrogens with zero attached hydrogens (tertiary/aromatic N) is 4. The van der Waals surface area contributed by atoms with Gasteiger partial charge in [-0.2, -0.15) is 0 Å². The SMILES string of the molecule is C#CC(C)c1ccc(NCCCCCCN2C[C@H](O)[C@@H](O)[C@H](O)[C@H]2CO)c([N+](=O)[O-])c1.O=[N+]([O-])c1cc(C2C=CO2)ccc1NCCCCCCN1C[C@H](O)[C@@H](O)[C@H](O)[C@H]1CO. The summed E-state index contributed by atoms with van der Waals surface area (Å²) < 4.78 is 5.22. The number of aliphatic hydroxyl groups excluding tert-OH is 8. The maximum absolute atomic E-state index is 11.4. The molecule has 19 heteroatoms. The van der Waals surface area contributed by atoms with Gasteiger partial charge in [0.15, 0.2) is 0 Å². The van der Waals surface area contributed by atoms with Gasteiger partial charge in [-0.05, 0) is 69.5 Å². The van der Waals surface area contributed by atoms with Crippen LogP contribution in [0.1, 0.15) is 81.4 Å². The Balaban J connectivity index is 0.000000273. The molecule has 0 spiro atoms. The summed E-state index contributed by atoms with van der Waals surface area (Å²) in [4.78, 5) is 25.6. The van der Waals surface area contributed by atoms with Gasteiger partial charge in [0.2, 0.25) is 0 Å². The lowest BCUT2D eigenvalue weighted by Crippen LogP contribution is -2.62. The van der Waals surface area contributed by atoms with E-state index in [1.165, 1.54) is 12.1 Å². The number of hydrogen-bond donors (Lipinski definition) is 10. The third kappa shape index (κ3) is 13.8. The highest BCUT2D eigenvalue weighted by atomic mass is 16.6. The van der Waals surface area contributed by atoms with Crippen molar-refractivity contribution in [3.05, 3.63) is 80.1 Å². The van der Waals surface area contributed by atoms with Gasteiger partial charge in [-0.1, -0.05) is 43.7 Å². The molecule has 2 aromatic carbocycles. The lowest BCUT2D eigenvalue weighted by atomic mass is 9.94. The van der Waals surface area contributed by atoms with E-state index in [1.54, 1.807) is 24.5 Å². The zero-order valence-corrected chi connectivity index (χ0v) is 35.2. The number of unbranched alkanes of at least 4 members (excludes halogenated alkanes) is 6. The van der Waals surface area contributed by atoms with E-state index in [0.717, 1.165) is 62.5 Å². The van der Waals surface area contributed by atoms with Crippen LogP contribution >= 0.6 is 0 Å². The van der Waals surface area contributed by atoms with Crippen molar-refractivity contribution in [2.45, 2.75) is 119 Å². The molecule has 0 aromatic heterocycles. The molecule has 3 aliphatic rings. The van der Waals surface area contributed by atoms with E-state index in [4.69, 9.17) is 11.2 Å². The van der Waals surface area contributed by atoms with E-state index < -0.39 is 58.6 Å². The van der Waals surface area contributed by atoms with Crippen LogP contribution in [0.25, 0.3) is 0 Å². The lowest BCUT2D eigenvalue weighted by molar-refractivity contribution is -0.384. The van der Waals surface area contributed by atoms with Gasteiger partial charge in [-0.3, -0.25) is 30.0 Å². The normalized spacial score (nSPS) is 26.5. The van der Waals surface area contributed by atoms with E-state index in [-0.39, 0.29) is 49.7 Å². The second-order valence-corrected chi connectivity index (χ2v) is 16.1. The Morgan fingerprint density at radius 1 is 0.726 bits per heavy atom. The quantitative estimate of drug-likeness (QED) is 0.0350. The molecule has 0 aliphatic carbocycles. The molecule has 2 saturated heterocycles. The molecule has 0 bridgehead atoms. The van der Waals surface area contributed by atoms with Gasteiger partial charge in [0.25, 0.3) is 11.4 Å². The number of hydrogen-bond acceptors (Lipinski definition) is 17. The smallest absolute Gasteiger partial charge is 0.292 e. The van der Waals surface area contributed by atoms with Crippen LogP contribution in [0.15, 0.2) is 48.7 Å². The monoisotopic (exact) mass is 872 g/mol. The van der Waals surface area contributed by atoms with Crippen molar-refractivity contribution in [3.63, 3.8) is 0 Å². The Kier molecular flexibility index (Phi) is 20.2. The van der Waals surface area contributed by atoms with Crippen molar-refractivity contribution < 1.29 is 55.4 Å². The van der Waals surface area contributed by atoms with Gasteiger partial charge in [0, 0.05) is 49.8 Å². The third-order valence-corrected chi connectivity index (χ3v) is 11.8. The molecule has 5 rings (SSSR count). The fourth-order valence-electron chi connectivity index (χ4n) is 7.89. The van der Waals surface area contributed by atoms with Gasteiger partial charge in [0.1, 0.15) is 41.9 Å². The van der Waals surface area contributed by atoms with E-state index in [0.29, 0.717) is 37.6 Å². The number of likely N-dealkylation sites (tertiary alicyclic amines) is 2. The molecule has 0 saturated carbocycles. The number of terminal acetylenes is 1. The molecule has 62 heavy (non-hydrogen) atoms. The van der Waals surface area contributed by atoms with Gasteiger partial charge in [-0.15, -0.1) is 6.42 Å². The summed E-state index contributed by atoms with van der Waals surface area (Å²) >= 11 is 0. The number of rotatable bonds is 22. The summed E-state index contributed by atoms with van der Waals surface area (Å²) in [5.74, 6) is 2.38. The first-order valence-electron chi connectivity index (χ1n) is 21.3. The van der Waals surface area contributed by atoms with Crippen LogP contribution in [0.2, 0.25) is 0 Å². The Bertz CT molecular complexity index is 1800. The summed E-state index contributed by atoms with van der Waals surface area (Å²) in [5, 5.41) is 107. The minimum atomic E-state index is -1.24. The molecular weight excluding hydrogens is 809 g/mol. The maximum Gasteiger partial charge on any atom is 0.292 e. The molecule has 10 atom stereocenters. The van der Waals surface area contributed by atoms with Gasteiger partial charge in [0.05, 0.1) is 53.6 Å². The van der Waals surface area contributed by atoms with Crippen molar-refractivity contribution >= 4 is 22.7 Å². The minimum absolute atomic E-state index is 0.0130. The van der Waals surface area contributed by atoms with Crippen LogP contribution in [0.4, 0.5) is 22.7 Å². The van der Waals surface area contributed by atoms with Crippen LogP contribution in [0.3, 0.4) is 0 Å². The van der Waals surface area contributed by atoms with Crippen molar-refractivity contribution in [3.8, 4) is 12.3 Å². The highest BCUT2D eigenvalue weighted by molar-refractivity contribution is 5.64. The third-order valence-electron chi connectivity index (χ3n) is 11.8. The number of nitro groups is 2. The van der Waals surface area contributed by atoms with Crippen molar-refractivity contribution in [1.82, 2.24) is 9.80 Å². The first-order chi connectivity index (χ1) is 29.7. The number of ether oxygens (including phenoxy) is 1. The second-order valence-electron chi connectivity index (χ2n) is 16.1. The standard InChI is InChI=1S/C22H33N3O6.C21H31N3O7/c1-3-15(2)16-8-9-17(18(12-16)25(30)31)23-10-6-4-5-7-11-24-13-20(27)22(29)21(28)19(24)14-26;25-13-17-20(27)21(28)18(26)12-23(17)9-4-2-1-3-8-22-15-6-5-14(19-7-10-31-19)11-16(15)24(29)30/h1,8-9,12,15,19-23,26-29H,4-7,10-11,13-14H2,2H3;5-7,10-11,17-22,25-28H,1-4,8-9,12-13H2/t15?,19-,20+,21-,22-;17-,18+,19?,20-,21-/m11/s1. The van der Waals surface area contributed by atoms with Crippen LogP contribution in [0, 0.1) is 32.6 Å². The predicted octanol–water partition coefficient (Wildman–Crippen LogP) is 1.97. The van der Waals surface area contributed by atoms with E-state index in [1.807, 2.05) is 28.9 Å². The average molecular weight is 873 g/mol. The largest absolute Gasteiger partial charge is 0.489 e. The summed E-state index contributed by atoms with van der Waals surface area (Å²) in [5.41, 5.74) is 2.49. The van der Waals surface area contributed by atoms with Crippen LogP contribution in [0.5, 0.6) is 0 Å². The molecule has 3 aliphatic heterocycles. The Hall–Kier alpha value is -4.46. The zero-order valence-electron chi connectivity index (χ0n) is 35.2. The van der Waals surface area contributed by atoms with Gasteiger partial charge in [-0.25, -0.2) is 0 Å². The fourth-order valence-corrected chi connectivity index (χ4v) is 7.89. The molecular formula is C43H64N6O13. The van der Waals surface area contributed by atoms with Crippen LogP contribution < -0.4 is 10.6 Å². The molecule has 19 nitrogen and oxygen atoms in total. The summed E-state index contributed by atoms with van der Waals surface area (Å²) in [6.07, 6.45) is 8.57. The second kappa shape index (κ2) is 25.0. The van der Waals surface area contributed by atoms with E-state index in [2.05, 4.69) is 16.6 Å². The Morgan fingerprint density at radius 2 is 1.18 bits per heavy atom. The van der Waals surface area contributed by atoms with Gasteiger partial charge < -0.3 is 56.2 Å². The Morgan fingerprint density at radius 3 is 1.60 bits per heavy atom. The molecule has 2 aromatic rings. The first-order valence-corrected chi connectivity index (χ1v) is 21.3. The molecule has 2 unspecified atom stereocenters. The van der Waals surface area contributed by atoms with Crippen molar-refractivity contribution in [1.29, 1.82) is 0 Å². The fraction of sp³-hybridized carbons (Fsp3) is 0.628. The van der Waals surface area contributed by atoms with E-state index in [9.17, 15) is 61.1 Å². The molecule has 0 radical (unpaired) electrons. The number of nitro benzene ring substituents is 2. The summed E-state index contributed by atoms with van der Waals surface area (Å²) in [6.45, 7) is 4.08. The highest BCUT2D eigenvalue weighted by Crippen LogP contribution is 2.33.